The zero-order chi connectivity index (χ0) is 15.5. The molecule has 0 bridgehead atoms. The van der Waals surface area contributed by atoms with E-state index in [2.05, 4.69) is 9.97 Å². The van der Waals surface area contributed by atoms with Crippen LogP contribution in [0.1, 0.15) is 5.56 Å². The SMILES string of the molecule is CN(c1ccccc1)c1nc(-c2ccco2)c(C#N)c(=O)[nH]1. The predicted molar refractivity (Wildman–Crippen MR) is 81.8 cm³/mol. The third-order valence-corrected chi connectivity index (χ3v) is 3.23. The summed E-state index contributed by atoms with van der Waals surface area (Å²) in [4.78, 5) is 20.9. The Kier molecular flexibility index (Phi) is 3.46. The number of rotatable bonds is 3. The van der Waals surface area contributed by atoms with Crippen molar-refractivity contribution < 1.29 is 4.42 Å². The predicted octanol–water partition coefficient (Wildman–Crippen LogP) is 2.67. The smallest absolute Gasteiger partial charge is 0.271 e. The second-order valence-corrected chi connectivity index (χ2v) is 4.60. The van der Waals surface area contributed by atoms with E-state index >= 15 is 0 Å². The minimum Gasteiger partial charge on any atom is -0.463 e. The first-order valence-electron chi connectivity index (χ1n) is 6.58. The molecule has 6 nitrogen and oxygen atoms in total. The number of anilines is 2. The molecule has 0 aliphatic rings. The second-order valence-electron chi connectivity index (χ2n) is 4.60. The van der Waals surface area contributed by atoms with Crippen LogP contribution < -0.4 is 10.5 Å². The van der Waals surface area contributed by atoms with Crippen LogP contribution in [0.3, 0.4) is 0 Å². The van der Waals surface area contributed by atoms with Crippen molar-refractivity contribution in [2.45, 2.75) is 0 Å². The average molecular weight is 292 g/mol. The Hall–Kier alpha value is -3.33. The van der Waals surface area contributed by atoms with E-state index in [9.17, 15) is 10.1 Å². The molecule has 0 aliphatic heterocycles. The highest BCUT2D eigenvalue weighted by Gasteiger charge is 2.17. The maximum atomic E-state index is 12.1. The van der Waals surface area contributed by atoms with Crippen molar-refractivity contribution >= 4 is 11.6 Å². The molecule has 0 fully saturated rings. The summed E-state index contributed by atoms with van der Waals surface area (Å²) in [7, 11) is 1.78. The molecule has 22 heavy (non-hydrogen) atoms. The molecular weight excluding hydrogens is 280 g/mol. The van der Waals surface area contributed by atoms with Crippen LogP contribution in [0, 0.1) is 11.3 Å². The molecule has 2 heterocycles. The number of hydrogen-bond donors (Lipinski definition) is 1. The number of nitrogens with zero attached hydrogens (tertiary/aromatic N) is 3. The van der Waals surface area contributed by atoms with E-state index in [-0.39, 0.29) is 11.3 Å². The first kappa shape index (κ1) is 13.6. The Morgan fingerprint density at radius 2 is 2.00 bits per heavy atom. The molecule has 2 aromatic heterocycles. The van der Waals surface area contributed by atoms with Crippen LogP contribution >= 0.6 is 0 Å². The van der Waals surface area contributed by atoms with Gasteiger partial charge >= 0.3 is 0 Å². The third kappa shape index (κ3) is 2.36. The number of hydrogen-bond acceptors (Lipinski definition) is 5. The highest BCUT2D eigenvalue weighted by atomic mass is 16.3. The molecule has 0 aliphatic carbocycles. The zero-order valence-electron chi connectivity index (χ0n) is 11.8. The standard InChI is InChI=1S/C16H12N4O2/c1-20(11-6-3-2-4-7-11)16-18-14(13-8-5-9-22-13)12(10-17)15(21)19-16/h2-9H,1H3,(H,18,19,21). The van der Waals surface area contributed by atoms with Gasteiger partial charge in [-0.05, 0) is 24.3 Å². The molecule has 3 rings (SSSR count). The van der Waals surface area contributed by atoms with Crippen molar-refractivity contribution in [1.82, 2.24) is 9.97 Å². The van der Waals surface area contributed by atoms with Crippen molar-refractivity contribution in [1.29, 1.82) is 5.26 Å². The zero-order valence-corrected chi connectivity index (χ0v) is 11.8. The van der Waals surface area contributed by atoms with E-state index in [1.807, 2.05) is 36.4 Å². The summed E-state index contributed by atoms with van der Waals surface area (Å²) in [5.41, 5.74) is 0.525. The van der Waals surface area contributed by atoms with Crippen LogP contribution in [0.25, 0.3) is 11.5 Å². The van der Waals surface area contributed by atoms with E-state index in [1.54, 1.807) is 24.1 Å². The second kappa shape index (κ2) is 5.58. The fourth-order valence-electron chi connectivity index (χ4n) is 2.09. The minimum atomic E-state index is -0.498. The summed E-state index contributed by atoms with van der Waals surface area (Å²) >= 11 is 0. The van der Waals surface area contributed by atoms with Crippen LogP contribution in [-0.2, 0) is 0 Å². The van der Waals surface area contributed by atoms with Gasteiger partial charge in [-0.25, -0.2) is 4.98 Å². The summed E-state index contributed by atoms with van der Waals surface area (Å²) in [5, 5.41) is 9.18. The van der Waals surface area contributed by atoms with Gasteiger partial charge in [0.15, 0.2) is 5.76 Å². The van der Waals surface area contributed by atoms with E-state index in [0.29, 0.717) is 11.7 Å². The van der Waals surface area contributed by atoms with Crippen molar-refractivity contribution in [3.05, 3.63) is 64.6 Å². The van der Waals surface area contributed by atoms with Crippen molar-refractivity contribution in [3.63, 3.8) is 0 Å². The summed E-state index contributed by atoms with van der Waals surface area (Å²) in [6.07, 6.45) is 1.47. The van der Waals surface area contributed by atoms with Crippen LogP contribution in [-0.4, -0.2) is 17.0 Å². The van der Waals surface area contributed by atoms with Crippen LogP contribution in [0.15, 0.2) is 57.9 Å². The van der Waals surface area contributed by atoms with E-state index < -0.39 is 5.56 Å². The van der Waals surface area contributed by atoms with Crippen molar-refractivity contribution in [2.24, 2.45) is 0 Å². The highest BCUT2D eigenvalue weighted by Crippen LogP contribution is 2.24. The Morgan fingerprint density at radius 1 is 1.23 bits per heavy atom. The Balaban J connectivity index is 2.15. The number of benzene rings is 1. The van der Waals surface area contributed by atoms with Gasteiger partial charge < -0.3 is 9.32 Å². The minimum absolute atomic E-state index is 0.0693. The third-order valence-electron chi connectivity index (χ3n) is 3.23. The van der Waals surface area contributed by atoms with Gasteiger partial charge in [0.1, 0.15) is 17.3 Å². The monoisotopic (exact) mass is 292 g/mol. The van der Waals surface area contributed by atoms with Gasteiger partial charge in [0.25, 0.3) is 5.56 Å². The molecule has 0 saturated heterocycles. The highest BCUT2D eigenvalue weighted by molar-refractivity contribution is 5.64. The van der Waals surface area contributed by atoms with E-state index in [0.717, 1.165) is 5.69 Å². The Bertz CT molecular complexity index is 877. The van der Waals surface area contributed by atoms with Crippen molar-refractivity contribution in [2.75, 3.05) is 11.9 Å². The van der Waals surface area contributed by atoms with Gasteiger partial charge in [-0.2, -0.15) is 5.26 Å². The molecule has 0 unspecified atom stereocenters. The number of aromatic amines is 1. The van der Waals surface area contributed by atoms with Gasteiger partial charge in [0.2, 0.25) is 5.95 Å². The Labute approximate surface area is 126 Å². The topological polar surface area (TPSA) is 85.9 Å². The number of H-pyrrole nitrogens is 1. The molecule has 1 aromatic carbocycles. The van der Waals surface area contributed by atoms with Crippen molar-refractivity contribution in [3.8, 4) is 17.5 Å². The number of furan rings is 1. The van der Waals surface area contributed by atoms with E-state index in [1.165, 1.54) is 6.26 Å². The van der Waals surface area contributed by atoms with Crippen LogP contribution in [0.4, 0.5) is 11.6 Å². The summed E-state index contributed by atoms with van der Waals surface area (Å²) < 4.78 is 5.27. The number of para-hydroxylation sites is 1. The number of nitrogens with one attached hydrogen (secondary N) is 1. The van der Waals surface area contributed by atoms with Gasteiger partial charge in [0, 0.05) is 12.7 Å². The molecule has 3 aromatic rings. The summed E-state index contributed by atoms with van der Waals surface area (Å²) in [6, 6.07) is 14.7. The largest absolute Gasteiger partial charge is 0.463 e. The lowest BCUT2D eigenvalue weighted by atomic mass is 10.2. The number of aromatic nitrogens is 2. The maximum absolute atomic E-state index is 12.1. The maximum Gasteiger partial charge on any atom is 0.271 e. The van der Waals surface area contributed by atoms with Gasteiger partial charge in [-0.15, -0.1) is 0 Å². The van der Waals surface area contributed by atoms with E-state index in [4.69, 9.17) is 4.42 Å². The number of nitriles is 1. The van der Waals surface area contributed by atoms with Crippen LogP contribution in [0.5, 0.6) is 0 Å². The quantitative estimate of drug-likeness (QED) is 0.802. The molecule has 0 saturated carbocycles. The molecule has 0 amide bonds. The lowest BCUT2D eigenvalue weighted by Gasteiger charge is -2.18. The lowest BCUT2D eigenvalue weighted by Crippen LogP contribution is -2.21. The molecule has 6 heteroatoms. The molecule has 0 radical (unpaired) electrons. The van der Waals surface area contributed by atoms with Gasteiger partial charge in [-0.1, -0.05) is 18.2 Å². The average Bonchev–Trinajstić information content (AvgIpc) is 3.08. The summed E-state index contributed by atoms with van der Waals surface area (Å²) in [5.74, 6) is 0.715. The van der Waals surface area contributed by atoms with Gasteiger partial charge in [-0.3, -0.25) is 9.78 Å². The Morgan fingerprint density at radius 3 is 2.64 bits per heavy atom. The molecular formula is C16H12N4O2. The molecule has 0 spiro atoms. The fraction of sp³-hybridized carbons (Fsp3) is 0.0625. The first-order valence-corrected chi connectivity index (χ1v) is 6.58. The normalized spacial score (nSPS) is 10.2. The first-order chi connectivity index (χ1) is 10.7. The molecule has 108 valence electrons. The molecule has 1 N–H and O–H groups in total. The lowest BCUT2D eigenvalue weighted by molar-refractivity contribution is 0.579. The summed E-state index contributed by atoms with van der Waals surface area (Å²) in [6.45, 7) is 0. The van der Waals surface area contributed by atoms with Crippen LogP contribution in [0.2, 0.25) is 0 Å². The fourth-order valence-corrected chi connectivity index (χ4v) is 2.09. The van der Waals surface area contributed by atoms with Gasteiger partial charge in [0.05, 0.1) is 6.26 Å². The molecule has 0 atom stereocenters.